The number of rotatable bonds is 58. The summed E-state index contributed by atoms with van der Waals surface area (Å²) < 4.78 is 16.9. The molecule has 0 spiro atoms. The maximum Gasteiger partial charge on any atom is 0.306 e. The van der Waals surface area contributed by atoms with Gasteiger partial charge >= 0.3 is 17.9 Å². The highest BCUT2D eigenvalue weighted by atomic mass is 16.6. The second-order valence-corrected chi connectivity index (χ2v) is 21.3. The lowest BCUT2D eigenvalue weighted by Crippen LogP contribution is -2.30. The van der Waals surface area contributed by atoms with Gasteiger partial charge in [0, 0.05) is 19.3 Å². The van der Waals surface area contributed by atoms with E-state index in [1.807, 2.05) is 0 Å². The molecule has 0 rings (SSSR count). The molecule has 1 atom stereocenters. The number of hydrogen-bond donors (Lipinski definition) is 0. The molecule has 0 radical (unpaired) electrons. The Morgan fingerprint density at radius 2 is 0.494 bits per heavy atom. The molecule has 0 heterocycles. The van der Waals surface area contributed by atoms with Crippen LogP contribution in [0.5, 0.6) is 0 Å². The third-order valence-electron chi connectivity index (χ3n) is 13.6. The zero-order valence-electron chi connectivity index (χ0n) is 51.3. The van der Waals surface area contributed by atoms with E-state index < -0.39 is 6.10 Å². The summed E-state index contributed by atoms with van der Waals surface area (Å²) in [6.45, 7) is 6.39. The third-order valence-corrected chi connectivity index (χ3v) is 13.6. The van der Waals surface area contributed by atoms with Crippen LogP contribution in [0.2, 0.25) is 0 Å². The highest BCUT2D eigenvalue weighted by Crippen LogP contribution is 2.15. The largest absolute Gasteiger partial charge is 0.462 e. The zero-order chi connectivity index (χ0) is 57.1. The molecule has 0 bridgehead atoms. The van der Waals surface area contributed by atoms with Crippen molar-refractivity contribution in [3.8, 4) is 0 Å². The van der Waals surface area contributed by atoms with Gasteiger partial charge in [-0.3, -0.25) is 14.4 Å². The van der Waals surface area contributed by atoms with Gasteiger partial charge in [0.05, 0.1) is 0 Å². The lowest BCUT2D eigenvalue weighted by molar-refractivity contribution is -0.167. The van der Waals surface area contributed by atoms with Gasteiger partial charge in [-0.1, -0.05) is 270 Å². The Balaban J connectivity index is 4.37. The van der Waals surface area contributed by atoms with Crippen LogP contribution in [0.25, 0.3) is 0 Å². The lowest BCUT2D eigenvalue weighted by atomic mass is 10.1. The summed E-state index contributed by atoms with van der Waals surface area (Å²) in [5.41, 5.74) is 0. The Labute approximate surface area is 487 Å². The van der Waals surface area contributed by atoms with Crippen molar-refractivity contribution in [3.63, 3.8) is 0 Å². The molecule has 0 amide bonds. The molecular weight excluding hydrogens is 973 g/mol. The average Bonchev–Trinajstić information content (AvgIpc) is 3.45. The topological polar surface area (TPSA) is 78.9 Å². The molecule has 0 aromatic carbocycles. The fraction of sp³-hybridized carbons (Fsp3) is 0.658. The minimum Gasteiger partial charge on any atom is -0.462 e. The second kappa shape index (κ2) is 66.1. The Hall–Kier alpha value is -4.45. The Morgan fingerprint density at radius 3 is 0.785 bits per heavy atom. The first-order chi connectivity index (χ1) is 39.0. The number of allylic oxidation sites excluding steroid dienone is 22. The molecule has 0 aromatic rings. The van der Waals surface area contributed by atoms with Crippen molar-refractivity contribution in [2.24, 2.45) is 0 Å². The maximum atomic E-state index is 12.9. The van der Waals surface area contributed by atoms with Gasteiger partial charge in [0.2, 0.25) is 0 Å². The van der Waals surface area contributed by atoms with Crippen LogP contribution in [0.1, 0.15) is 290 Å². The van der Waals surface area contributed by atoms with Crippen LogP contribution < -0.4 is 0 Å². The van der Waals surface area contributed by atoms with Crippen molar-refractivity contribution in [3.05, 3.63) is 134 Å². The third kappa shape index (κ3) is 64.3. The minimum atomic E-state index is -0.795. The molecule has 6 heteroatoms. The second-order valence-electron chi connectivity index (χ2n) is 21.3. The summed E-state index contributed by atoms with van der Waals surface area (Å²) in [6, 6.07) is 0. The number of esters is 3. The molecule has 0 N–H and O–H groups in total. The summed E-state index contributed by atoms with van der Waals surface area (Å²) >= 11 is 0. The fourth-order valence-electron chi connectivity index (χ4n) is 8.79. The quantitative estimate of drug-likeness (QED) is 0.0261. The molecule has 0 aliphatic rings. The number of carbonyl (C=O) groups is 3. The smallest absolute Gasteiger partial charge is 0.306 e. The SMILES string of the molecule is CC/C=C\C/C=C\C/C=C\C/C=C\C/C=C\C/C=C\CCCCCCCCCCC(=O)OCC(COC(=O)CCCCCCC/C=C\CCCCCC)OC(=O)CCCCCCCCCC/C=C\C/C=C\C/C=C\C/C=C\CC. The molecule has 6 nitrogen and oxygen atoms in total. The Morgan fingerprint density at radius 1 is 0.266 bits per heavy atom. The molecule has 0 fully saturated rings. The molecule has 0 saturated carbocycles. The van der Waals surface area contributed by atoms with Gasteiger partial charge in [-0.15, -0.1) is 0 Å². The number of carbonyl (C=O) groups excluding carboxylic acids is 3. The van der Waals surface area contributed by atoms with Gasteiger partial charge in [-0.2, -0.15) is 0 Å². The predicted molar refractivity (Wildman–Crippen MR) is 343 cm³/mol. The van der Waals surface area contributed by atoms with E-state index in [1.165, 1.54) is 109 Å². The van der Waals surface area contributed by atoms with Gasteiger partial charge in [-0.25, -0.2) is 0 Å². The first-order valence-electron chi connectivity index (χ1n) is 32.7. The first kappa shape index (κ1) is 74.5. The van der Waals surface area contributed by atoms with Crippen LogP contribution in [0.4, 0.5) is 0 Å². The molecule has 0 aliphatic carbocycles. The van der Waals surface area contributed by atoms with E-state index in [0.29, 0.717) is 19.3 Å². The minimum absolute atomic E-state index is 0.0910. The normalized spacial score (nSPS) is 13.0. The number of ether oxygens (including phenoxy) is 3. The van der Waals surface area contributed by atoms with Crippen molar-refractivity contribution in [2.45, 2.75) is 297 Å². The van der Waals surface area contributed by atoms with Gasteiger partial charge < -0.3 is 14.2 Å². The Kier molecular flexibility index (Phi) is 62.3. The van der Waals surface area contributed by atoms with Crippen LogP contribution in [0.15, 0.2) is 134 Å². The fourth-order valence-corrected chi connectivity index (χ4v) is 8.79. The maximum absolute atomic E-state index is 12.9. The van der Waals surface area contributed by atoms with Crippen LogP contribution >= 0.6 is 0 Å². The summed E-state index contributed by atoms with van der Waals surface area (Å²) in [4.78, 5) is 38.3. The highest BCUT2D eigenvalue weighted by molar-refractivity contribution is 5.71. The average molecular weight is 1090 g/mol. The van der Waals surface area contributed by atoms with Crippen LogP contribution in [0.3, 0.4) is 0 Å². The van der Waals surface area contributed by atoms with E-state index >= 15 is 0 Å². The number of unbranched alkanes of at least 4 members (excludes halogenated alkanes) is 25. The van der Waals surface area contributed by atoms with E-state index in [2.05, 4.69) is 154 Å². The van der Waals surface area contributed by atoms with E-state index in [4.69, 9.17) is 14.2 Å². The molecular formula is C73H120O6. The van der Waals surface area contributed by atoms with E-state index in [1.54, 1.807) is 0 Å². The van der Waals surface area contributed by atoms with Crippen molar-refractivity contribution in [1.29, 1.82) is 0 Å². The summed E-state index contributed by atoms with van der Waals surface area (Å²) in [5.74, 6) is -0.912. The highest BCUT2D eigenvalue weighted by Gasteiger charge is 2.19. The van der Waals surface area contributed by atoms with Gasteiger partial charge in [0.15, 0.2) is 6.10 Å². The van der Waals surface area contributed by atoms with E-state index in [-0.39, 0.29) is 31.1 Å². The summed E-state index contributed by atoms with van der Waals surface area (Å²) in [6.07, 6.45) is 93.1. The van der Waals surface area contributed by atoms with Crippen LogP contribution in [-0.2, 0) is 28.6 Å². The predicted octanol–water partition coefficient (Wildman–Crippen LogP) is 22.5. The van der Waals surface area contributed by atoms with Crippen molar-refractivity contribution in [1.82, 2.24) is 0 Å². The van der Waals surface area contributed by atoms with Gasteiger partial charge in [0.25, 0.3) is 0 Å². The molecule has 0 saturated heterocycles. The first-order valence-corrected chi connectivity index (χ1v) is 32.7. The zero-order valence-corrected chi connectivity index (χ0v) is 51.3. The lowest BCUT2D eigenvalue weighted by Gasteiger charge is -2.18. The van der Waals surface area contributed by atoms with E-state index in [9.17, 15) is 14.4 Å². The molecule has 79 heavy (non-hydrogen) atoms. The monoisotopic (exact) mass is 1090 g/mol. The molecule has 0 aromatic heterocycles. The van der Waals surface area contributed by atoms with Crippen molar-refractivity contribution >= 4 is 17.9 Å². The van der Waals surface area contributed by atoms with Gasteiger partial charge in [0.1, 0.15) is 13.2 Å². The van der Waals surface area contributed by atoms with Crippen molar-refractivity contribution < 1.29 is 28.6 Å². The summed E-state index contributed by atoms with van der Waals surface area (Å²) in [7, 11) is 0. The van der Waals surface area contributed by atoms with Crippen LogP contribution in [-0.4, -0.2) is 37.2 Å². The van der Waals surface area contributed by atoms with Gasteiger partial charge in [-0.05, 0) is 135 Å². The molecule has 0 aliphatic heterocycles. The number of hydrogen-bond acceptors (Lipinski definition) is 6. The summed E-state index contributed by atoms with van der Waals surface area (Å²) in [5, 5.41) is 0. The molecule has 1 unspecified atom stereocenters. The van der Waals surface area contributed by atoms with Crippen LogP contribution in [0, 0.1) is 0 Å². The van der Waals surface area contributed by atoms with Crippen molar-refractivity contribution in [2.75, 3.05) is 13.2 Å². The standard InChI is InChI=1S/C73H120O6/c1-4-7-10-13-16-19-22-25-27-29-31-33-34-35-36-37-38-40-41-43-45-48-51-54-57-60-63-66-72(75)78-69-70(68-77-71(74)65-62-59-56-53-50-47-24-21-18-15-12-9-6-3)79-73(76)67-64-61-58-55-52-49-46-44-42-39-32-30-28-26-23-20-17-14-11-8-5-2/h7-8,10-11,16-17,19-21,24-28,31-33,35-36,38-40,70H,4-6,9,12-15,18,22-23,29-30,34,37,41-69H2,1-3H3/b10-7-,11-8-,19-16-,20-17-,24-21-,27-25-,28-26-,33-31-,36-35-,39-32-,40-38-. The Bertz CT molecular complexity index is 1680. The molecule has 448 valence electrons. The van der Waals surface area contributed by atoms with E-state index in [0.717, 1.165) is 141 Å².